The number of carbonyl (C=O) groups is 1. The van der Waals surface area contributed by atoms with Crippen molar-refractivity contribution >= 4 is 22.4 Å². The highest BCUT2D eigenvalue weighted by Crippen LogP contribution is 2.33. The monoisotopic (exact) mass is 349 g/mol. The lowest BCUT2D eigenvalue weighted by atomic mass is 10.2. The lowest BCUT2D eigenvalue weighted by Gasteiger charge is -2.00. The number of aryl methyl sites for hydroxylation is 1. The van der Waals surface area contributed by atoms with E-state index in [2.05, 4.69) is 25.7 Å². The third-order valence-electron chi connectivity index (χ3n) is 2.71. The van der Waals surface area contributed by atoms with E-state index in [-0.39, 0.29) is 28.8 Å². The average Bonchev–Trinajstić information content (AvgIpc) is 3.07. The van der Waals surface area contributed by atoms with E-state index in [9.17, 15) is 18.0 Å². The second-order valence-corrected chi connectivity index (χ2v) is 5.99. The Morgan fingerprint density at radius 1 is 1.35 bits per heavy atom. The van der Waals surface area contributed by atoms with E-state index in [4.69, 9.17) is 4.52 Å². The van der Waals surface area contributed by atoms with E-state index >= 15 is 0 Å². The van der Waals surface area contributed by atoms with Crippen LogP contribution in [0.25, 0.3) is 0 Å². The summed E-state index contributed by atoms with van der Waals surface area (Å²) in [7, 11) is 0. The molecule has 2 aromatic rings. The number of anilines is 1. The van der Waals surface area contributed by atoms with Crippen molar-refractivity contribution in [3.63, 3.8) is 0 Å². The summed E-state index contributed by atoms with van der Waals surface area (Å²) in [4.78, 5) is 15.8. The van der Waals surface area contributed by atoms with Crippen molar-refractivity contribution in [1.29, 1.82) is 0 Å². The molecule has 0 radical (unpaired) electrons. The molecule has 0 unspecified atom stereocenters. The summed E-state index contributed by atoms with van der Waals surface area (Å²) in [6.07, 6.45) is -3.62. The standard InChI is InChI=1S/C12H14F3N5O2S/c1-6(2)9-17-8(22-20-9)5-3-4-7(21)16-11-19-18-10(23-11)12(13,14)15/h6H,3-5H2,1-2H3,(H,16,19,21). The second kappa shape index (κ2) is 7.02. The molecule has 0 atom stereocenters. The molecule has 0 bridgehead atoms. The predicted molar refractivity (Wildman–Crippen MR) is 74.9 cm³/mol. The first kappa shape index (κ1) is 17.3. The highest BCUT2D eigenvalue weighted by atomic mass is 32.1. The lowest BCUT2D eigenvalue weighted by molar-refractivity contribution is -0.138. The van der Waals surface area contributed by atoms with Gasteiger partial charge in [-0.2, -0.15) is 18.2 Å². The third-order valence-corrected chi connectivity index (χ3v) is 3.59. The Morgan fingerprint density at radius 2 is 2.09 bits per heavy atom. The largest absolute Gasteiger partial charge is 0.445 e. The van der Waals surface area contributed by atoms with E-state index in [1.807, 2.05) is 13.8 Å². The van der Waals surface area contributed by atoms with E-state index in [0.29, 0.717) is 24.6 Å². The number of amides is 1. The van der Waals surface area contributed by atoms with Crippen LogP contribution in [0.5, 0.6) is 0 Å². The number of hydrogen-bond acceptors (Lipinski definition) is 7. The maximum Gasteiger partial charge on any atom is 0.445 e. The fourth-order valence-corrected chi connectivity index (χ4v) is 2.20. The van der Waals surface area contributed by atoms with Crippen LogP contribution in [-0.2, 0) is 17.4 Å². The number of rotatable bonds is 6. The number of halogens is 3. The highest BCUT2D eigenvalue weighted by molar-refractivity contribution is 7.15. The number of hydrogen-bond donors (Lipinski definition) is 1. The molecule has 0 spiro atoms. The van der Waals surface area contributed by atoms with Crippen LogP contribution in [0.3, 0.4) is 0 Å². The molecule has 0 aliphatic rings. The van der Waals surface area contributed by atoms with Gasteiger partial charge in [-0.05, 0) is 6.42 Å². The van der Waals surface area contributed by atoms with Gasteiger partial charge in [-0.15, -0.1) is 10.2 Å². The summed E-state index contributed by atoms with van der Waals surface area (Å²) in [5.41, 5.74) is 0. The Labute approximate surface area is 133 Å². The Kier molecular flexibility index (Phi) is 5.29. The molecule has 11 heteroatoms. The van der Waals surface area contributed by atoms with Crippen LogP contribution in [0.15, 0.2) is 4.52 Å². The number of nitrogens with zero attached hydrogens (tertiary/aromatic N) is 4. The molecule has 1 N–H and O–H groups in total. The summed E-state index contributed by atoms with van der Waals surface area (Å²) < 4.78 is 42.1. The topological polar surface area (TPSA) is 93.8 Å². The second-order valence-electron chi connectivity index (χ2n) is 5.01. The van der Waals surface area contributed by atoms with Gasteiger partial charge in [0.1, 0.15) is 0 Å². The van der Waals surface area contributed by atoms with Crippen molar-refractivity contribution in [3.05, 3.63) is 16.7 Å². The highest BCUT2D eigenvalue weighted by Gasteiger charge is 2.35. The van der Waals surface area contributed by atoms with Crippen LogP contribution in [0, 0.1) is 0 Å². The number of nitrogens with one attached hydrogen (secondary N) is 1. The molecule has 2 aromatic heterocycles. The summed E-state index contributed by atoms with van der Waals surface area (Å²) in [5, 5.41) is 11.1. The van der Waals surface area contributed by atoms with Gasteiger partial charge in [0.25, 0.3) is 0 Å². The zero-order valence-electron chi connectivity index (χ0n) is 12.3. The smallest absolute Gasteiger partial charge is 0.339 e. The van der Waals surface area contributed by atoms with Crippen LogP contribution in [0.2, 0.25) is 0 Å². The first-order valence-corrected chi connectivity index (χ1v) is 7.60. The molecule has 7 nitrogen and oxygen atoms in total. The molecule has 2 heterocycles. The van der Waals surface area contributed by atoms with Gasteiger partial charge in [-0.25, -0.2) is 0 Å². The Morgan fingerprint density at radius 3 is 2.65 bits per heavy atom. The number of aromatic nitrogens is 4. The van der Waals surface area contributed by atoms with Crippen molar-refractivity contribution in [2.75, 3.05) is 5.32 Å². The summed E-state index contributed by atoms with van der Waals surface area (Å²) in [6.45, 7) is 3.86. The molecule has 2 rings (SSSR count). The minimum atomic E-state index is -4.56. The minimum absolute atomic E-state index is 0.0975. The van der Waals surface area contributed by atoms with Gasteiger partial charge in [0.2, 0.25) is 21.9 Å². The zero-order chi connectivity index (χ0) is 17.0. The van der Waals surface area contributed by atoms with E-state index < -0.39 is 17.1 Å². The van der Waals surface area contributed by atoms with E-state index in [1.165, 1.54) is 0 Å². The first-order valence-electron chi connectivity index (χ1n) is 6.78. The predicted octanol–water partition coefficient (Wildman–Crippen LogP) is 3.02. The number of alkyl halides is 3. The zero-order valence-corrected chi connectivity index (χ0v) is 13.2. The van der Waals surface area contributed by atoms with Gasteiger partial charge >= 0.3 is 6.18 Å². The fraction of sp³-hybridized carbons (Fsp3) is 0.583. The Hall–Kier alpha value is -2.04. The molecule has 0 aromatic carbocycles. The molecule has 0 aliphatic heterocycles. The summed E-state index contributed by atoms with van der Waals surface area (Å²) >= 11 is 0.284. The molecule has 0 fully saturated rings. The molecule has 0 saturated heterocycles. The van der Waals surface area contributed by atoms with Gasteiger partial charge in [0.05, 0.1) is 0 Å². The van der Waals surface area contributed by atoms with Gasteiger partial charge in [0.15, 0.2) is 5.82 Å². The van der Waals surface area contributed by atoms with Crippen molar-refractivity contribution < 1.29 is 22.5 Å². The molecule has 0 aliphatic carbocycles. The van der Waals surface area contributed by atoms with Crippen LogP contribution in [-0.4, -0.2) is 26.2 Å². The maximum atomic E-state index is 12.4. The summed E-state index contributed by atoms with van der Waals surface area (Å²) in [6, 6.07) is 0. The van der Waals surface area contributed by atoms with Crippen LogP contribution in [0.4, 0.5) is 18.3 Å². The van der Waals surface area contributed by atoms with Crippen LogP contribution in [0.1, 0.15) is 49.3 Å². The molecular weight excluding hydrogens is 335 g/mol. The maximum absolute atomic E-state index is 12.4. The molecule has 23 heavy (non-hydrogen) atoms. The minimum Gasteiger partial charge on any atom is -0.339 e. The van der Waals surface area contributed by atoms with Gasteiger partial charge < -0.3 is 9.84 Å². The molecule has 126 valence electrons. The van der Waals surface area contributed by atoms with Crippen molar-refractivity contribution in [1.82, 2.24) is 20.3 Å². The summed E-state index contributed by atoms with van der Waals surface area (Å²) in [5.74, 6) is 0.726. The number of carbonyl (C=O) groups excluding carboxylic acids is 1. The SMILES string of the molecule is CC(C)c1noc(CCCC(=O)Nc2nnc(C(F)(F)F)s2)n1. The van der Waals surface area contributed by atoms with Crippen molar-refractivity contribution in [2.24, 2.45) is 0 Å². The Balaban J connectivity index is 1.77. The van der Waals surface area contributed by atoms with Crippen molar-refractivity contribution in [2.45, 2.75) is 45.2 Å². The molecular formula is C12H14F3N5O2S. The van der Waals surface area contributed by atoms with Gasteiger partial charge in [-0.1, -0.05) is 30.3 Å². The normalized spacial score (nSPS) is 11.9. The first-order chi connectivity index (χ1) is 10.8. The van der Waals surface area contributed by atoms with E-state index in [0.717, 1.165) is 0 Å². The average molecular weight is 349 g/mol. The lowest BCUT2D eigenvalue weighted by Crippen LogP contribution is -2.11. The van der Waals surface area contributed by atoms with Crippen molar-refractivity contribution in [3.8, 4) is 0 Å². The van der Waals surface area contributed by atoms with Crippen LogP contribution < -0.4 is 5.32 Å². The molecule has 0 saturated carbocycles. The van der Waals surface area contributed by atoms with Crippen LogP contribution >= 0.6 is 11.3 Å². The van der Waals surface area contributed by atoms with Gasteiger partial charge in [0, 0.05) is 18.8 Å². The molecule has 1 amide bonds. The quantitative estimate of drug-likeness (QED) is 0.861. The fourth-order valence-electron chi connectivity index (χ4n) is 1.57. The van der Waals surface area contributed by atoms with E-state index in [1.54, 1.807) is 0 Å². The third kappa shape index (κ3) is 4.98. The van der Waals surface area contributed by atoms with Gasteiger partial charge in [-0.3, -0.25) is 4.79 Å². The Bertz CT molecular complexity index is 668.